The van der Waals surface area contributed by atoms with E-state index in [2.05, 4.69) is 4.90 Å². The highest BCUT2D eigenvalue weighted by molar-refractivity contribution is 5.93. The summed E-state index contributed by atoms with van der Waals surface area (Å²) >= 11 is 0. The van der Waals surface area contributed by atoms with Gasteiger partial charge in [0, 0.05) is 30.0 Å². The molecule has 24 heavy (non-hydrogen) atoms. The van der Waals surface area contributed by atoms with E-state index in [-0.39, 0.29) is 5.41 Å². The third-order valence-electron chi connectivity index (χ3n) is 6.18. The SMILES string of the molecule is O=C(NO)c1ccc2c(c1)C[C@]1(CC2)CC(=O)N(C2CCCC2)C1. The van der Waals surface area contributed by atoms with Crippen molar-refractivity contribution in [3.05, 3.63) is 34.9 Å². The highest BCUT2D eigenvalue weighted by Gasteiger charge is 2.47. The number of hydroxylamine groups is 1. The van der Waals surface area contributed by atoms with Crippen LogP contribution in [0.15, 0.2) is 18.2 Å². The minimum Gasteiger partial charge on any atom is -0.339 e. The number of carbonyl (C=O) groups is 2. The molecule has 1 aliphatic heterocycles. The van der Waals surface area contributed by atoms with Gasteiger partial charge in [0.1, 0.15) is 0 Å². The lowest BCUT2D eigenvalue weighted by Crippen LogP contribution is -2.38. The van der Waals surface area contributed by atoms with E-state index in [0.717, 1.165) is 44.2 Å². The van der Waals surface area contributed by atoms with Crippen molar-refractivity contribution in [2.75, 3.05) is 6.54 Å². The van der Waals surface area contributed by atoms with Crippen LogP contribution in [0.4, 0.5) is 0 Å². The molecule has 3 aliphatic rings. The Morgan fingerprint density at radius 2 is 2.00 bits per heavy atom. The summed E-state index contributed by atoms with van der Waals surface area (Å²) in [7, 11) is 0. The highest BCUT2D eigenvalue weighted by Crippen LogP contribution is 2.45. The van der Waals surface area contributed by atoms with Crippen molar-refractivity contribution in [2.24, 2.45) is 5.41 Å². The minimum absolute atomic E-state index is 0.0288. The standard InChI is InChI=1S/C19H24N2O3/c22-17-11-19(12-21(17)16-3-1-2-4-16)8-7-13-5-6-14(18(23)20-24)9-15(13)10-19/h5-6,9,16,24H,1-4,7-8,10-12H2,(H,20,23)/t19-/m1/s1. The average molecular weight is 328 g/mol. The second kappa shape index (κ2) is 5.88. The summed E-state index contributed by atoms with van der Waals surface area (Å²) in [6.45, 7) is 0.867. The number of carbonyl (C=O) groups excluding carboxylic acids is 2. The van der Waals surface area contributed by atoms with Crippen LogP contribution in [-0.2, 0) is 17.6 Å². The van der Waals surface area contributed by atoms with Crippen LogP contribution >= 0.6 is 0 Å². The molecular weight excluding hydrogens is 304 g/mol. The number of fused-ring (bicyclic) bond motifs is 1. The summed E-state index contributed by atoms with van der Waals surface area (Å²) in [5.74, 6) is -0.165. The third-order valence-corrected chi connectivity index (χ3v) is 6.18. The molecule has 1 aromatic carbocycles. The molecule has 1 aromatic rings. The van der Waals surface area contributed by atoms with E-state index >= 15 is 0 Å². The van der Waals surface area contributed by atoms with Crippen LogP contribution in [0.3, 0.4) is 0 Å². The Morgan fingerprint density at radius 1 is 1.21 bits per heavy atom. The first-order valence-corrected chi connectivity index (χ1v) is 8.96. The molecule has 2 aliphatic carbocycles. The topological polar surface area (TPSA) is 69.6 Å². The Balaban J connectivity index is 1.57. The molecule has 1 saturated heterocycles. The first kappa shape index (κ1) is 15.6. The van der Waals surface area contributed by atoms with E-state index in [4.69, 9.17) is 5.21 Å². The zero-order valence-electron chi connectivity index (χ0n) is 13.9. The molecule has 2 N–H and O–H groups in total. The summed E-state index contributed by atoms with van der Waals surface area (Å²) in [6.07, 6.45) is 8.28. The van der Waals surface area contributed by atoms with Crippen molar-refractivity contribution >= 4 is 11.8 Å². The first-order valence-electron chi connectivity index (χ1n) is 8.96. The van der Waals surface area contributed by atoms with Gasteiger partial charge in [-0.15, -0.1) is 0 Å². The largest absolute Gasteiger partial charge is 0.339 e. The summed E-state index contributed by atoms with van der Waals surface area (Å²) in [4.78, 5) is 26.4. The molecule has 0 aromatic heterocycles. The lowest BCUT2D eigenvalue weighted by molar-refractivity contribution is -0.129. The van der Waals surface area contributed by atoms with Crippen LogP contribution < -0.4 is 5.48 Å². The number of rotatable bonds is 2. The zero-order valence-corrected chi connectivity index (χ0v) is 13.9. The number of aryl methyl sites for hydroxylation is 1. The van der Waals surface area contributed by atoms with Gasteiger partial charge < -0.3 is 4.90 Å². The maximum atomic E-state index is 12.6. The second-order valence-corrected chi connectivity index (χ2v) is 7.74. The summed E-state index contributed by atoms with van der Waals surface area (Å²) in [6, 6.07) is 6.07. The van der Waals surface area contributed by atoms with Crippen LogP contribution in [-0.4, -0.2) is 34.5 Å². The Labute approximate surface area is 142 Å². The van der Waals surface area contributed by atoms with Crippen molar-refractivity contribution in [2.45, 2.75) is 57.4 Å². The summed E-state index contributed by atoms with van der Waals surface area (Å²) in [5.41, 5.74) is 4.63. The predicted molar refractivity (Wildman–Crippen MR) is 88.7 cm³/mol. The number of hydrogen-bond acceptors (Lipinski definition) is 3. The first-order chi connectivity index (χ1) is 11.6. The van der Waals surface area contributed by atoms with Crippen LogP contribution in [0.5, 0.6) is 0 Å². The second-order valence-electron chi connectivity index (χ2n) is 7.74. The van der Waals surface area contributed by atoms with E-state index < -0.39 is 5.91 Å². The number of hydrogen-bond donors (Lipinski definition) is 2. The lowest BCUT2D eigenvalue weighted by Gasteiger charge is -2.35. The molecule has 1 saturated carbocycles. The van der Waals surface area contributed by atoms with Gasteiger partial charge in [-0.2, -0.15) is 0 Å². The molecular formula is C19H24N2O3. The minimum atomic E-state index is -0.479. The summed E-state index contributed by atoms with van der Waals surface area (Å²) < 4.78 is 0. The van der Waals surface area contributed by atoms with E-state index in [1.54, 1.807) is 11.5 Å². The van der Waals surface area contributed by atoms with E-state index in [1.165, 1.54) is 18.4 Å². The van der Waals surface area contributed by atoms with Crippen molar-refractivity contribution in [3.63, 3.8) is 0 Å². The molecule has 1 atom stereocenters. The van der Waals surface area contributed by atoms with Crippen LogP contribution in [0.1, 0.15) is 60.0 Å². The molecule has 0 bridgehead atoms. The van der Waals surface area contributed by atoms with Gasteiger partial charge in [-0.3, -0.25) is 14.8 Å². The normalized spacial score (nSPS) is 26.9. The molecule has 4 rings (SSSR count). The van der Waals surface area contributed by atoms with Gasteiger partial charge >= 0.3 is 0 Å². The monoisotopic (exact) mass is 328 g/mol. The van der Waals surface area contributed by atoms with Gasteiger partial charge in [0.15, 0.2) is 0 Å². The highest BCUT2D eigenvalue weighted by atomic mass is 16.5. The molecule has 2 fully saturated rings. The molecule has 2 amide bonds. The quantitative estimate of drug-likeness (QED) is 0.647. The van der Waals surface area contributed by atoms with Gasteiger partial charge in [0.2, 0.25) is 5.91 Å². The molecule has 0 unspecified atom stereocenters. The number of nitrogens with one attached hydrogen (secondary N) is 1. The molecule has 128 valence electrons. The van der Waals surface area contributed by atoms with Crippen molar-refractivity contribution in [3.8, 4) is 0 Å². The number of benzene rings is 1. The van der Waals surface area contributed by atoms with Gasteiger partial charge in [0.05, 0.1) is 0 Å². The fourth-order valence-corrected chi connectivity index (χ4v) is 4.89. The maximum Gasteiger partial charge on any atom is 0.274 e. The van der Waals surface area contributed by atoms with Gasteiger partial charge in [0.25, 0.3) is 5.91 Å². The van der Waals surface area contributed by atoms with Crippen LogP contribution in [0, 0.1) is 5.41 Å². The fraction of sp³-hybridized carbons (Fsp3) is 0.579. The van der Waals surface area contributed by atoms with Gasteiger partial charge in [-0.05, 0) is 55.4 Å². The predicted octanol–water partition coefficient (Wildman–Crippen LogP) is 2.46. The van der Waals surface area contributed by atoms with Gasteiger partial charge in [-0.1, -0.05) is 18.9 Å². The van der Waals surface area contributed by atoms with E-state index in [1.807, 2.05) is 12.1 Å². The van der Waals surface area contributed by atoms with Crippen molar-refractivity contribution in [1.82, 2.24) is 10.4 Å². The molecule has 5 heteroatoms. The molecule has 0 radical (unpaired) electrons. The Morgan fingerprint density at radius 3 is 2.75 bits per heavy atom. The maximum absolute atomic E-state index is 12.6. The third kappa shape index (κ3) is 2.61. The smallest absolute Gasteiger partial charge is 0.274 e. The molecule has 1 heterocycles. The zero-order chi connectivity index (χ0) is 16.7. The van der Waals surface area contributed by atoms with Gasteiger partial charge in [-0.25, -0.2) is 5.48 Å². The van der Waals surface area contributed by atoms with Crippen molar-refractivity contribution < 1.29 is 14.8 Å². The molecule has 1 spiro atoms. The Bertz CT molecular complexity index is 681. The van der Waals surface area contributed by atoms with Crippen LogP contribution in [0.25, 0.3) is 0 Å². The number of likely N-dealkylation sites (tertiary alicyclic amines) is 1. The van der Waals surface area contributed by atoms with Crippen LogP contribution in [0.2, 0.25) is 0 Å². The molecule has 5 nitrogen and oxygen atoms in total. The average Bonchev–Trinajstić information content (AvgIpc) is 3.21. The number of amides is 2. The van der Waals surface area contributed by atoms with E-state index in [0.29, 0.717) is 23.9 Å². The Hall–Kier alpha value is -1.88. The fourth-order valence-electron chi connectivity index (χ4n) is 4.89. The van der Waals surface area contributed by atoms with Crippen molar-refractivity contribution in [1.29, 1.82) is 0 Å². The Kier molecular flexibility index (Phi) is 3.83. The lowest BCUT2D eigenvalue weighted by atomic mass is 9.70. The number of nitrogens with zero attached hydrogens (tertiary/aromatic N) is 1. The van der Waals surface area contributed by atoms with E-state index in [9.17, 15) is 9.59 Å². The summed E-state index contributed by atoms with van der Waals surface area (Å²) in [5, 5.41) is 8.84.